The third-order valence-electron chi connectivity index (χ3n) is 3.86. The fourth-order valence-corrected chi connectivity index (χ4v) is 2.83. The summed E-state index contributed by atoms with van der Waals surface area (Å²) < 4.78 is 6.20. The number of nitrogens with one attached hydrogen (secondary N) is 1. The van der Waals surface area contributed by atoms with Gasteiger partial charge in [0.1, 0.15) is 5.82 Å². The highest BCUT2D eigenvalue weighted by Gasteiger charge is 2.33. The highest BCUT2D eigenvalue weighted by atomic mass is 79.9. The Morgan fingerprint density at radius 3 is 2.90 bits per heavy atom. The second-order valence-corrected chi connectivity index (χ2v) is 6.41. The molecule has 0 spiro atoms. The molecule has 0 aromatic carbocycles. The molecule has 2 rings (SSSR count). The van der Waals surface area contributed by atoms with Gasteiger partial charge in [-0.25, -0.2) is 4.98 Å². The van der Waals surface area contributed by atoms with Crippen molar-refractivity contribution in [2.45, 2.75) is 39.2 Å². The minimum atomic E-state index is 0.477. The minimum Gasteiger partial charge on any atom is -0.383 e. The Morgan fingerprint density at radius 2 is 2.29 bits per heavy atom. The Labute approximate surface area is 135 Å². The summed E-state index contributed by atoms with van der Waals surface area (Å²) in [6.07, 6.45) is 5.52. The van der Waals surface area contributed by atoms with Crippen LogP contribution in [0.1, 0.15) is 33.1 Å². The summed E-state index contributed by atoms with van der Waals surface area (Å²) >= 11 is 3.59. The van der Waals surface area contributed by atoms with Crippen LogP contribution in [0.5, 0.6) is 0 Å². The van der Waals surface area contributed by atoms with E-state index in [0.717, 1.165) is 35.7 Å². The monoisotopic (exact) mass is 356 g/mol. The van der Waals surface area contributed by atoms with E-state index in [1.165, 1.54) is 12.8 Å². The minimum absolute atomic E-state index is 0.477. The number of aromatic nitrogens is 2. The summed E-state index contributed by atoms with van der Waals surface area (Å²) in [7, 11) is 1.74. The Hall–Kier alpha value is -0.880. The zero-order valence-electron chi connectivity index (χ0n) is 13.1. The van der Waals surface area contributed by atoms with Gasteiger partial charge in [0.15, 0.2) is 0 Å². The molecule has 1 aromatic heterocycles. The van der Waals surface area contributed by atoms with Crippen molar-refractivity contribution in [2.75, 3.05) is 37.0 Å². The molecule has 1 saturated carbocycles. The number of hydrogen-bond acceptors (Lipinski definition) is 5. The molecule has 1 atom stereocenters. The van der Waals surface area contributed by atoms with Gasteiger partial charge in [-0.1, -0.05) is 6.92 Å². The molecule has 118 valence electrons. The number of halogens is 1. The largest absolute Gasteiger partial charge is 0.383 e. The standard InChI is InChI=1S/C15H25BrN4O/c1-4-7-17-15-18-10-13(16)14(19-15)20(8-9-21-3)11(2)12-5-6-12/h10-12H,4-9H2,1-3H3,(H,17,18,19). The molecule has 1 aliphatic rings. The Morgan fingerprint density at radius 1 is 1.52 bits per heavy atom. The van der Waals surface area contributed by atoms with Crippen LogP contribution in [0.4, 0.5) is 11.8 Å². The second kappa shape index (κ2) is 7.94. The average Bonchev–Trinajstić information content (AvgIpc) is 3.32. The van der Waals surface area contributed by atoms with Gasteiger partial charge in [-0.15, -0.1) is 0 Å². The van der Waals surface area contributed by atoms with E-state index < -0.39 is 0 Å². The Kier molecular flexibility index (Phi) is 6.23. The Balaban J connectivity index is 2.19. The highest BCUT2D eigenvalue weighted by Crippen LogP contribution is 2.38. The van der Waals surface area contributed by atoms with Crippen LogP contribution in [0.15, 0.2) is 10.7 Å². The van der Waals surface area contributed by atoms with Crippen molar-refractivity contribution in [1.82, 2.24) is 9.97 Å². The first kappa shape index (κ1) is 16.5. The maximum Gasteiger partial charge on any atom is 0.224 e. The predicted molar refractivity (Wildman–Crippen MR) is 89.9 cm³/mol. The van der Waals surface area contributed by atoms with Crippen LogP contribution in [-0.2, 0) is 4.74 Å². The number of anilines is 2. The van der Waals surface area contributed by atoms with E-state index in [4.69, 9.17) is 9.72 Å². The summed E-state index contributed by atoms with van der Waals surface area (Å²) in [5.74, 6) is 2.43. The van der Waals surface area contributed by atoms with E-state index in [1.54, 1.807) is 7.11 Å². The molecule has 21 heavy (non-hydrogen) atoms. The summed E-state index contributed by atoms with van der Waals surface area (Å²) in [5, 5.41) is 3.26. The van der Waals surface area contributed by atoms with Gasteiger partial charge in [0.25, 0.3) is 0 Å². The van der Waals surface area contributed by atoms with E-state index in [2.05, 4.69) is 45.0 Å². The van der Waals surface area contributed by atoms with Crippen molar-refractivity contribution in [3.63, 3.8) is 0 Å². The molecule has 1 N–H and O–H groups in total. The van der Waals surface area contributed by atoms with Gasteiger partial charge in [-0.05, 0) is 48.0 Å². The lowest BCUT2D eigenvalue weighted by molar-refractivity contribution is 0.202. The molecule has 0 bridgehead atoms. The number of nitrogens with zero attached hydrogens (tertiary/aromatic N) is 3. The summed E-state index contributed by atoms with van der Waals surface area (Å²) in [6.45, 7) is 6.84. The van der Waals surface area contributed by atoms with Crippen molar-refractivity contribution in [1.29, 1.82) is 0 Å². The molecular formula is C15H25BrN4O. The van der Waals surface area contributed by atoms with Crippen molar-refractivity contribution >= 4 is 27.7 Å². The molecular weight excluding hydrogens is 332 g/mol. The van der Waals surface area contributed by atoms with E-state index in [-0.39, 0.29) is 0 Å². The van der Waals surface area contributed by atoms with Crippen LogP contribution in [0, 0.1) is 5.92 Å². The fourth-order valence-electron chi connectivity index (χ4n) is 2.41. The highest BCUT2D eigenvalue weighted by molar-refractivity contribution is 9.10. The smallest absolute Gasteiger partial charge is 0.224 e. The fraction of sp³-hybridized carbons (Fsp3) is 0.733. The predicted octanol–water partition coefficient (Wildman–Crippen LogP) is 3.31. The topological polar surface area (TPSA) is 50.3 Å². The van der Waals surface area contributed by atoms with E-state index in [0.29, 0.717) is 18.6 Å². The lowest BCUT2D eigenvalue weighted by Gasteiger charge is -2.31. The zero-order valence-corrected chi connectivity index (χ0v) is 14.7. The van der Waals surface area contributed by atoms with Gasteiger partial charge in [-0.3, -0.25) is 0 Å². The molecule has 0 radical (unpaired) electrons. The van der Waals surface area contributed by atoms with Crippen molar-refractivity contribution < 1.29 is 4.74 Å². The lowest BCUT2D eigenvalue weighted by atomic mass is 10.2. The van der Waals surface area contributed by atoms with E-state index in [9.17, 15) is 0 Å². The normalized spacial score (nSPS) is 15.8. The number of methoxy groups -OCH3 is 1. The van der Waals surface area contributed by atoms with Crippen LogP contribution in [-0.4, -0.2) is 42.8 Å². The van der Waals surface area contributed by atoms with Gasteiger partial charge in [0.2, 0.25) is 5.95 Å². The van der Waals surface area contributed by atoms with Crippen LogP contribution in [0.25, 0.3) is 0 Å². The lowest BCUT2D eigenvalue weighted by Crippen LogP contribution is -2.38. The van der Waals surface area contributed by atoms with E-state index >= 15 is 0 Å². The van der Waals surface area contributed by atoms with Crippen LogP contribution < -0.4 is 10.2 Å². The SMILES string of the molecule is CCCNc1ncc(Br)c(N(CCOC)C(C)C2CC2)n1. The van der Waals surface area contributed by atoms with Gasteiger partial charge < -0.3 is 15.0 Å². The zero-order chi connectivity index (χ0) is 15.2. The third kappa shape index (κ3) is 4.54. The Bertz CT molecular complexity index is 453. The molecule has 5 nitrogen and oxygen atoms in total. The molecule has 0 amide bonds. The molecule has 1 heterocycles. The molecule has 1 aliphatic carbocycles. The van der Waals surface area contributed by atoms with Crippen molar-refractivity contribution in [2.24, 2.45) is 5.92 Å². The third-order valence-corrected chi connectivity index (χ3v) is 4.42. The van der Waals surface area contributed by atoms with Crippen molar-refractivity contribution in [3.05, 3.63) is 10.7 Å². The van der Waals surface area contributed by atoms with Gasteiger partial charge in [-0.2, -0.15) is 4.98 Å². The van der Waals surface area contributed by atoms with E-state index in [1.807, 2.05) is 6.20 Å². The first-order valence-electron chi connectivity index (χ1n) is 7.69. The summed E-state index contributed by atoms with van der Waals surface area (Å²) in [4.78, 5) is 11.4. The maximum absolute atomic E-state index is 5.26. The summed E-state index contributed by atoms with van der Waals surface area (Å²) in [5.41, 5.74) is 0. The molecule has 0 aliphatic heterocycles. The molecule has 0 saturated heterocycles. The quantitative estimate of drug-likeness (QED) is 0.735. The van der Waals surface area contributed by atoms with Crippen LogP contribution in [0.2, 0.25) is 0 Å². The number of rotatable bonds is 9. The van der Waals surface area contributed by atoms with Gasteiger partial charge in [0.05, 0.1) is 11.1 Å². The molecule has 1 unspecified atom stereocenters. The van der Waals surface area contributed by atoms with Gasteiger partial charge in [0, 0.05) is 32.4 Å². The number of hydrogen-bond donors (Lipinski definition) is 1. The average molecular weight is 357 g/mol. The van der Waals surface area contributed by atoms with Gasteiger partial charge >= 0.3 is 0 Å². The van der Waals surface area contributed by atoms with Crippen LogP contribution in [0.3, 0.4) is 0 Å². The molecule has 1 fully saturated rings. The maximum atomic E-state index is 5.26. The molecule has 1 aromatic rings. The second-order valence-electron chi connectivity index (χ2n) is 5.56. The van der Waals surface area contributed by atoms with Crippen molar-refractivity contribution in [3.8, 4) is 0 Å². The molecule has 6 heteroatoms. The first-order chi connectivity index (χ1) is 10.2. The number of ether oxygens (including phenoxy) is 1. The summed E-state index contributed by atoms with van der Waals surface area (Å²) in [6, 6.07) is 0.477. The first-order valence-corrected chi connectivity index (χ1v) is 8.48. The van der Waals surface area contributed by atoms with Crippen LogP contribution >= 0.6 is 15.9 Å².